The van der Waals surface area contributed by atoms with Crippen molar-refractivity contribution in [1.82, 2.24) is 19.9 Å². The average Bonchev–Trinajstić information content (AvgIpc) is 3.12. The molecule has 1 aromatic carbocycles. The molecule has 1 N–H and O–H groups in total. The number of amides is 1. The summed E-state index contributed by atoms with van der Waals surface area (Å²) < 4.78 is 0. The number of aromatic amines is 1. The van der Waals surface area contributed by atoms with E-state index in [1.165, 1.54) is 22.0 Å². The van der Waals surface area contributed by atoms with Crippen molar-refractivity contribution >= 4 is 22.6 Å². The first-order chi connectivity index (χ1) is 13.1. The van der Waals surface area contributed by atoms with Crippen molar-refractivity contribution in [1.29, 1.82) is 0 Å². The average molecular weight is 361 g/mol. The zero-order valence-corrected chi connectivity index (χ0v) is 15.6. The van der Waals surface area contributed by atoms with Gasteiger partial charge < -0.3 is 9.88 Å². The summed E-state index contributed by atoms with van der Waals surface area (Å²) >= 11 is 0. The predicted octanol–water partition coefficient (Wildman–Crippen LogP) is 2.58. The number of carbonyl (C=O) groups is 1. The van der Waals surface area contributed by atoms with E-state index in [9.17, 15) is 4.79 Å². The molecule has 0 saturated carbocycles. The maximum atomic E-state index is 13.2. The summed E-state index contributed by atoms with van der Waals surface area (Å²) in [6.07, 6.45) is 8.95. The summed E-state index contributed by atoms with van der Waals surface area (Å²) in [6.45, 7) is 0.778. The Bertz CT molecular complexity index is 998. The number of benzene rings is 1. The summed E-state index contributed by atoms with van der Waals surface area (Å²) in [5, 5.41) is 1.36. The molecular weight excluding hydrogens is 338 g/mol. The first kappa shape index (κ1) is 16.4. The molecule has 138 valence electrons. The van der Waals surface area contributed by atoms with Crippen LogP contribution in [0.5, 0.6) is 0 Å². The number of anilines is 1. The number of nitrogens with zero attached hydrogens (tertiary/aromatic N) is 4. The molecular formula is C21H23N5O. The number of likely N-dealkylation sites (N-methyl/N-ethyl adjacent to an activating group) is 1. The number of aromatic nitrogens is 3. The lowest BCUT2D eigenvalue weighted by Gasteiger charge is -2.45. The first-order valence-corrected chi connectivity index (χ1v) is 9.46. The highest BCUT2D eigenvalue weighted by molar-refractivity contribution is 5.94. The van der Waals surface area contributed by atoms with Crippen LogP contribution in [0, 0.1) is 5.92 Å². The van der Waals surface area contributed by atoms with Crippen molar-refractivity contribution < 1.29 is 4.79 Å². The van der Waals surface area contributed by atoms with Gasteiger partial charge in [-0.2, -0.15) is 0 Å². The number of fused-ring (bicyclic) bond motifs is 2. The van der Waals surface area contributed by atoms with Gasteiger partial charge in [0.15, 0.2) is 5.82 Å². The molecule has 6 nitrogen and oxygen atoms in total. The van der Waals surface area contributed by atoms with Gasteiger partial charge in [-0.1, -0.05) is 12.1 Å². The van der Waals surface area contributed by atoms with Gasteiger partial charge in [0.25, 0.3) is 0 Å². The highest BCUT2D eigenvalue weighted by atomic mass is 16.2. The summed E-state index contributed by atoms with van der Waals surface area (Å²) in [7, 11) is 3.95. The highest BCUT2D eigenvalue weighted by Crippen LogP contribution is 2.44. The van der Waals surface area contributed by atoms with E-state index in [-0.39, 0.29) is 11.8 Å². The third-order valence-electron chi connectivity index (χ3n) is 6.30. The van der Waals surface area contributed by atoms with Gasteiger partial charge in [0, 0.05) is 55.0 Å². The van der Waals surface area contributed by atoms with Crippen LogP contribution in [0.4, 0.5) is 5.82 Å². The lowest BCUT2D eigenvalue weighted by atomic mass is 9.72. The molecule has 1 aliphatic carbocycles. The van der Waals surface area contributed by atoms with Crippen molar-refractivity contribution in [2.45, 2.75) is 24.8 Å². The highest BCUT2D eigenvalue weighted by Gasteiger charge is 2.42. The van der Waals surface area contributed by atoms with E-state index in [2.05, 4.69) is 51.3 Å². The second-order valence-corrected chi connectivity index (χ2v) is 7.79. The minimum atomic E-state index is -0.0426. The van der Waals surface area contributed by atoms with Crippen LogP contribution in [0.3, 0.4) is 0 Å². The van der Waals surface area contributed by atoms with E-state index in [4.69, 9.17) is 0 Å². The van der Waals surface area contributed by atoms with Gasteiger partial charge in [-0.15, -0.1) is 0 Å². The SMILES string of the molecule is CN(C(=O)[C@@H]1CC2c3cccc4[nH]cc(c34)C[C@H]2N(C)C1)c1cnccn1. The second kappa shape index (κ2) is 6.16. The van der Waals surface area contributed by atoms with E-state index in [0.29, 0.717) is 17.8 Å². The number of carbonyl (C=O) groups excluding carboxylic acids is 1. The summed E-state index contributed by atoms with van der Waals surface area (Å²) in [5.41, 5.74) is 3.98. The molecule has 5 rings (SSSR count). The molecule has 1 unspecified atom stereocenters. The maximum Gasteiger partial charge on any atom is 0.232 e. The molecule has 0 spiro atoms. The van der Waals surface area contributed by atoms with Crippen molar-refractivity contribution in [2.24, 2.45) is 5.92 Å². The van der Waals surface area contributed by atoms with Crippen LogP contribution < -0.4 is 4.90 Å². The normalized spacial score (nSPS) is 24.6. The zero-order valence-electron chi connectivity index (χ0n) is 15.6. The topological polar surface area (TPSA) is 65.1 Å². The lowest BCUT2D eigenvalue weighted by molar-refractivity contribution is -0.124. The van der Waals surface area contributed by atoms with E-state index in [1.807, 2.05) is 0 Å². The largest absolute Gasteiger partial charge is 0.361 e. The fourth-order valence-electron chi connectivity index (χ4n) is 4.97. The Kier molecular flexibility index (Phi) is 3.75. The summed E-state index contributed by atoms with van der Waals surface area (Å²) in [4.78, 5) is 29.0. The third-order valence-corrected chi connectivity index (χ3v) is 6.30. The Morgan fingerprint density at radius 3 is 3.04 bits per heavy atom. The number of piperidine rings is 1. The monoisotopic (exact) mass is 361 g/mol. The molecule has 2 aliphatic rings. The number of rotatable bonds is 2. The van der Waals surface area contributed by atoms with Crippen LogP contribution in [0.1, 0.15) is 23.5 Å². The Morgan fingerprint density at radius 1 is 1.33 bits per heavy atom. The van der Waals surface area contributed by atoms with Crippen LogP contribution in [0.25, 0.3) is 10.9 Å². The molecule has 6 heteroatoms. The van der Waals surface area contributed by atoms with E-state index in [1.54, 1.807) is 30.5 Å². The van der Waals surface area contributed by atoms with Gasteiger partial charge in [-0.3, -0.25) is 14.7 Å². The van der Waals surface area contributed by atoms with Crippen molar-refractivity contribution in [2.75, 3.05) is 25.5 Å². The number of hydrogen-bond donors (Lipinski definition) is 1. The minimum Gasteiger partial charge on any atom is -0.361 e. The number of hydrogen-bond acceptors (Lipinski definition) is 4. The summed E-state index contributed by atoms with van der Waals surface area (Å²) in [5.74, 6) is 1.05. The Hall–Kier alpha value is -2.73. The van der Waals surface area contributed by atoms with E-state index < -0.39 is 0 Å². The fraction of sp³-hybridized carbons (Fsp3) is 0.381. The Balaban J connectivity index is 1.47. The zero-order chi connectivity index (χ0) is 18.5. The molecule has 0 radical (unpaired) electrons. The molecule has 1 amide bonds. The van der Waals surface area contributed by atoms with Crippen LogP contribution in [0.15, 0.2) is 43.0 Å². The first-order valence-electron chi connectivity index (χ1n) is 9.46. The van der Waals surface area contributed by atoms with Gasteiger partial charge in [0.2, 0.25) is 5.91 Å². The van der Waals surface area contributed by atoms with Crippen LogP contribution in [-0.2, 0) is 11.2 Å². The number of nitrogens with one attached hydrogen (secondary N) is 1. The third kappa shape index (κ3) is 2.55. The molecule has 0 bridgehead atoms. The van der Waals surface area contributed by atoms with Gasteiger partial charge in [-0.25, -0.2) is 4.98 Å². The molecule has 3 heterocycles. The van der Waals surface area contributed by atoms with Crippen molar-refractivity contribution in [3.05, 3.63) is 54.1 Å². The van der Waals surface area contributed by atoms with Gasteiger partial charge in [0.1, 0.15) is 0 Å². The van der Waals surface area contributed by atoms with Crippen LogP contribution >= 0.6 is 0 Å². The molecule has 3 aromatic rings. The number of H-pyrrole nitrogens is 1. The minimum absolute atomic E-state index is 0.0426. The lowest BCUT2D eigenvalue weighted by Crippen LogP contribution is -2.51. The van der Waals surface area contributed by atoms with Gasteiger partial charge >= 0.3 is 0 Å². The maximum absolute atomic E-state index is 13.2. The molecule has 1 saturated heterocycles. The predicted molar refractivity (Wildman–Crippen MR) is 105 cm³/mol. The van der Waals surface area contributed by atoms with E-state index in [0.717, 1.165) is 19.4 Å². The quantitative estimate of drug-likeness (QED) is 0.762. The molecule has 2 aromatic heterocycles. The standard InChI is InChI=1S/C21H23N5O/c1-25-12-14(21(27)26(2)19-11-22-6-7-23-19)8-16-15-4-3-5-17-20(15)13(10-24-17)9-18(16)25/h3-7,10-11,14,16,18,24H,8-9,12H2,1-2H3/t14-,16?,18-/m1/s1. The molecule has 27 heavy (non-hydrogen) atoms. The molecule has 1 aliphatic heterocycles. The summed E-state index contributed by atoms with van der Waals surface area (Å²) in [6, 6.07) is 6.95. The van der Waals surface area contributed by atoms with Crippen LogP contribution in [-0.4, -0.2) is 52.4 Å². The fourth-order valence-corrected chi connectivity index (χ4v) is 4.97. The second-order valence-electron chi connectivity index (χ2n) is 7.79. The van der Waals surface area contributed by atoms with Gasteiger partial charge in [0.05, 0.1) is 12.1 Å². The van der Waals surface area contributed by atoms with Gasteiger partial charge in [-0.05, 0) is 37.1 Å². The smallest absolute Gasteiger partial charge is 0.232 e. The number of likely N-dealkylation sites (tertiary alicyclic amines) is 1. The van der Waals surface area contributed by atoms with Crippen molar-refractivity contribution in [3.63, 3.8) is 0 Å². The van der Waals surface area contributed by atoms with Crippen molar-refractivity contribution in [3.8, 4) is 0 Å². The Labute approximate surface area is 158 Å². The van der Waals surface area contributed by atoms with Crippen LogP contribution in [0.2, 0.25) is 0 Å². The molecule has 1 fully saturated rings. The molecule has 3 atom stereocenters. The Morgan fingerprint density at radius 2 is 2.22 bits per heavy atom. The van der Waals surface area contributed by atoms with E-state index >= 15 is 0 Å².